The molecule has 1 aromatic carbocycles. The fraction of sp³-hybridized carbons (Fsp3) is 0.357. The summed E-state index contributed by atoms with van der Waals surface area (Å²) in [6, 6.07) is 6.93. The molecule has 0 aliphatic carbocycles. The summed E-state index contributed by atoms with van der Waals surface area (Å²) in [5.41, 5.74) is 1.86. The SMILES string of the molecule is O=C(O)c1cccc(-n2cc(C3CCCCN3)nn2)c1. The molecule has 104 valence electrons. The monoisotopic (exact) mass is 272 g/mol. The molecule has 20 heavy (non-hydrogen) atoms. The summed E-state index contributed by atoms with van der Waals surface area (Å²) in [6.07, 6.45) is 5.32. The second kappa shape index (κ2) is 5.42. The molecule has 1 unspecified atom stereocenters. The summed E-state index contributed by atoms with van der Waals surface area (Å²) in [5.74, 6) is -0.943. The van der Waals surface area contributed by atoms with Crippen molar-refractivity contribution in [3.8, 4) is 5.69 Å². The van der Waals surface area contributed by atoms with E-state index in [1.54, 1.807) is 22.9 Å². The first-order valence-corrected chi connectivity index (χ1v) is 6.73. The number of aromatic carboxylic acids is 1. The van der Waals surface area contributed by atoms with Crippen molar-refractivity contribution in [2.24, 2.45) is 0 Å². The number of piperidine rings is 1. The van der Waals surface area contributed by atoms with Crippen molar-refractivity contribution in [2.75, 3.05) is 6.54 Å². The average molecular weight is 272 g/mol. The molecule has 0 amide bonds. The molecular formula is C14H16N4O2. The second-order valence-electron chi connectivity index (χ2n) is 4.95. The van der Waals surface area contributed by atoms with Crippen molar-refractivity contribution in [1.29, 1.82) is 0 Å². The summed E-state index contributed by atoms with van der Waals surface area (Å²) in [6.45, 7) is 1.01. The quantitative estimate of drug-likeness (QED) is 0.890. The van der Waals surface area contributed by atoms with Gasteiger partial charge in [-0.15, -0.1) is 5.10 Å². The Labute approximate surface area is 116 Å². The van der Waals surface area contributed by atoms with Crippen molar-refractivity contribution in [3.05, 3.63) is 41.7 Å². The van der Waals surface area contributed by atoms with Gasteiger partial charge in [-0.2, -0.15) is 0 Å². The number of benzene rings is 1. The standard InChI is InChI=1S/C14H16N4O2/c19-14(20)10-4-3-5-11(8-10)18-9-13(16-17-18)12-6-1-2-7-15-12/h3-5,8-9,12,15H,1-2,6-7H2,(H,19,20). The number of carboxylic acids is 1. The van der Waals surface area contributed by atoms with E-state index in [1.165, 1.54) is 12.8 Å². The first-order valence-electron chi connectivity index (χ1n) is 6.73. The lowest BCUT2D eigenvalue weighted by molar-refractivity contribution is 0.0697. The predicted octanol–water partition coefficient (Wildman–Crippen LogP) is 1.78. The zero-order chi connectivity index (χ0) is 13.9. The van der Waals surface area contributed by atoms with Gasteiger partial charge in [0.05, 0.1) is 23.5 Å². The molecule has 1 fully saturated rings. The molecule has 2 aromatic rings. The van der Waals surface area contributed by atoms with E-state index in [0.29, 0.717) is 5.69 Å². The van der Waals surface area contributed by atoms with Gasteiger partial charge in [-0.3, -0.25) is 0 Å². The number of carbonyl (C=O) groups is 1. The summed E-state index contributed by atoms with van der Waals surface area (Å²) in [7, 11) is 0. The molecule has 1 atom stereocenters. The van der Waals surface area contributed by atoms with Gasteiger partial charge in [0.15, 0.2) is 0 Å². The fourth-order valence-electron chi connectivity index (χ4n) is 2.45. The summed E-state index contributed by atoms with van der Waals surface area (Å²) < 4.78 is 1.62. The maximum atomic E-state index is 11.0. The van der Waals surface area contributed by atoms with Gasteiger partial charge in [0.2, 0.25) is 0 Å². The van der Waals surface area contributed by atoms with Crippen LogP contribution in [0.3, 0.4) is 0 Å². The van der Waals surface area contributed by atoms with E-state index in [9.17, 15) is 4.79 Å². The predicted molar refractivity (Wildman–Crippen MR) is 72.9 cm³/mol. The minimum absolute atomic E-state index is 0.246. The largest absolute Gasteiger partial charge is 0.478 e. The Morgan fingerprint density at radius 1 is 1.40 bits per heavy atom. The maximum Gasteiger partial charge on any atom is 0.335 e. The highest BCUT2D eigenvalue weighted by molar-refractivity contribution is 5.88. The van der Waals surface area contributed by atoms with Crippen LogP contribution in [0.2, 0.25) is 0 Å². The lowest BCUT2D eigenvalue weighted by Crippen LogP contribution is -2.27. The molecule has 1 aromatic heterocycles. The van der Waals surface area contributed by atoms with Crippen molar-refractivity contribution in [3.63, 3.8) is 0 Å². The summed E-state index contributed by atoms with van der Waals surface area (Å²) in [4.78, 5) is 11.0. The number of rotatable bonds is 3. The molecule has 1 aliphatic heterocycles. The molecule has 0 spiro atoms. The van der Waals surface area contributed by atoms with Crippen LogP contribution in [0.5, 0.6) is 0 Å². The van der Waals surface area contributed by atoms with Crippen LogP contribution in [0, 0.1) is 0 Å². The Morgan fingerprint density at radius 3 is 3.05 bits per heavy atom. The van der Waals surface area contributed by atoms with Gasteiger partial charge in [-0.25, -0.2) is 9.48 Å². The summed E-state index contributed by atoms with van der Waals surface area (Å²) in [5, 5.41) is 20.7. The third-order valence-electron chi connectivity index (χ3n) is 3.54. The minimum atomic E-state index is -0.943. The minimum Gasteiger partial charge on any atom is -0.478 e. The van der Waals surface area contributed by atoms with E-state index < -0.39 is 5.97 Å². The molecule has 2 heterocycles. The highest BCUT2D eigenvalue weighted by Crippen LogP contribution is 2.21. The number of aromatic nitrogens is 3. The van der Waals surface area contributed by atoms with E-state index in [2.05, 4.69) is 15.6 Å². The van der Waals surface area contributed by atoms with Gasteiger partial charge in [0, 0.05) is 0 Å². The van der Waals surface area contributed by atoms with Crippen molar-refractivity contribution in [2.45, 2.75) is 25.3 Å². The van der Waals surface area contributed by atoms with Crippen molar-refractivity contribution in [1.82, 2.24) is 20.3 Å². The molecule has 0 radical (unpaired) electrons. The second-order valence-corrected chi connectivity index (χ2v) is 4.95. The Balaban J connectivity index is 1.85. The average Bonchev–Trinajstić information content (AvgIpc) is 2.98. The Hall–Kier alpha value is -2.21. The molecule has 6 nitrogen and oxygen atoms in total. The summed E-state index contributed by atoms with van der Waals surface area (Å²) >= 11 is 0. The van der Waals surface area contributed by atoms with Gasteiger partial charge in [-0.05, 0) is 37.6 Å². The lowest BCUT2D eigenvalue weighted by atomic mass is 10.0. The fourth-order valence-corrected chi connectivity index (χ4v) is 2.45. The van der Waals surface area contributed by atoms with Crippen LogP contribution in [0.1, 0.15) is 41.4 Å². The van der Waals surface area contributed by atoms with Crippen LogP contribution in [0.25, 0.3) is 5.69 Å². The number of hydrogen-bond donors (Lipinski definition) is 2. The lowest BCUT2D eigenvalue weighted by Gasteiger charge is -2.20. The molecule has 0 saturated carbocycles. The van der Waals surface area contributed by atoms with Crippen LogP contribution in [-0.4, -0.2) is 32.6 Å². The highest BCUT2D eigenvalue weighted by atomic mass is 16.4. The molecule has 6 heteroatoms. The number of nitrogens with one attached hydrogen (secondary N) is 1. The first kappa shape index (κ1) is 12.8. The highest BCUT2D eigenvalue weighted by Gasteiger charge is 2.18. The smallest absolute Gasteiger partial charge is 0.335 e. The topological polar surface area (TPSA) is 80.0 Å². The van der Waals surface area contributed by atoms with Crippen molar-refractivity contribution >= 4 is 5.97 Å². The molecule has 0 bridgehead atoms. The Kier molecular flexibility index (Phi) is 3.47. The third kappa shape index (κ3) is 2.55. The van der Waals surface area contributed by atoms with Gasteiger partial charge in [0.1, 0.15) is 5.69 Å². The van der Waals surface area contributed by atoms with Gasteiger partial charge in [-0.1, -0.05) is 17.7 Å². The zero-order valence-electron chi connectivity index (χ0n) is 11.0. The Bertz CT molecular complexity index is 617. The van der Waals surface area contributed by atoms with Gasteiger partial charge < -0.3 is 10.4 Å². The molecular weight excluding hydrogens is 256 g/mol. The van der Waals surface area contributed by atoms with E-state index in [0.717, 1.165) is 18.7 Å². The number of carboxylic acid groups (broad SMARTS) is 1. The van der Waals surface area contributed by atoms with E-state index in [-0.39, 0.29) is 11.6 Å². The number of hydrogen-bond acceptors (Lipinski definition) is 4. The van der Waals surface area contributed by atoms with Crippen LogP contribution in [0.15, 0.2) is 30.5 Å². The third-order valence-corrected chi connectivity index (χ3v) is 3.54. The van der Waals surface area contributed by atoms with Gasteiger partial charge in [0.25, 0.3) is 0 Å². The van der Waals surface area contributed by atoms with Crippen LogP contribution >= 0.6 is 0 Å². The van der Waals surface area contributed by atoms with Crippen LogP contribution in [0.4, 0.5) is 0 Å². The van der Waals surface area contributed by atoms with E-state index >= 15 is 0 Å². The van der Waals surface area contributed by atoms with Crippen LogP contribution < -0.4 is 5.32 Å². The molecule has 1 aliphatic rings. The van der Waals surface area contributed by atoms with Crippen LogP contribution in [-0.2, 0) is 0 Å². The van der Waals surface area contributed by atoms with E-state index in [1.807, 2.05) is 12.3 Å². The molecule has 1 saturated heterocycles. The zero-order valence-corrected chi connectivity index (χ0v) is 11.0. The van der Waals surface area contributed by atoms with Gasteiger partial charge >= 0.3 is 5.97 Å². The Morgan fingerprint density at radius 2 is 2.30 bits per heavy atom. The molecule has 3 rings (SSSR count). The first-order chi connectivity index (χ1) is 9.74. The van der Waals surface area contributed by atoms with E-state index in [4.69, 9.17) is 5.11 Å². The maximum absolute atomic E-state index is 11.0. The number of nitrogens with zero attached hydrogens (tertiary/aromatic N) is 3. The van der Waals surface area contributed by atoms with Crippen molar-refractivity contribution < 1.29 is 9.90 Å². The molecule has 2 N–H and O–H groups in total. The normalized spacial score (nSPS) is 18.9.